The second kappa shape index (κ2) is 6.36. The monoisotopic (exact) mass is 282 g/mol. The molecule has 2 N–H and O–H groups in total. The molecule has 0 aromatic rings. The molecule has 0 spiro atoms. The van der Waals surface area contributed by atoms with Crippen LogP contribution in [0.1, 0.15) is 72.6 Å². The standard InChI is InChI=1S/C18H34O2/c1-5-18(4,14-6-8-16(19)12(2)10-14)15-7-9-17(20)13(3)11-15/h12-17,19-20H,5-11H2,1-4H3. The van der Waals surface area contributed by atoms with E-state index in [0.29, 0.717) is 17.3 Å². The average Bonchev–Trinajstić information content (AvgIpc) is 2.44. The smallest absolute Gasteiger partial charge is 0.0566 e. The van der Waals surface area contributed by atoms with Crippen LogP contribution in [0.2, 0.25) is 0 Å². The number of aliphatic hydroxyl groups excluding tert-OH is 2. The highest BCUT2D eigenvalue weighted by molar-refractivity contribution is 4.94. The van der Waals surface area contributed by atoms with Crippen LogP contribution in [0.25, 0.3) is 0 Å². The minimum atomic E-state index is -0.0838. The molecular formula is C18H34O2. The van der Waals surface area contributed by atoms with Gasteiger partial charge in [0.05, 0.1) is 12.2 Å². The van der Waals surface area contributed by atoms with Crippen molar-refractivity contribution in [1.29, 1.82) is 0 Å². The molecule has 0 saturated heterocycles. The highest BCUT2D eigenvalue weighted by Gasteiger charge is 2.44. The van der Waals surface area contributed by atoms with Gasteiger partial charge in [0, 0.05) is 0 Å². The maximum absolute atomic E-state index is 9.99. The Kier molecular flexibility index (Phi) is 5.18. The van der Waals surface area contributed by atoms with E-state index in [9.17, 15) is 10.2 Å². The van der Waals surface area contributed by atoms with Crippen LogP contribution in [0.3, 0.4) is 0 Å². The van der Waals surface area contributed by atoms with Gasteiger partial charge in [0.25, 0.3) is 0 Å². The Bertz CT molecular complexity index is 289. The summed E-state index contributed by atoms with van der Waals surface area (Å²) in [4.78, 5) is 0. The summed E-state index contributed by atoms with van der Waals surface area (Å²) in [6.07, 6.45) is 7.75. The quantitative estimate of drug-likeness (QED) is 0.821. The molecule has 0 bridgehead atoms. The van der Waals surface area contributed by atoms with E-state index < -0.39 is 0 Å². The normalized spacial score (nSPS) is 45.9. The minimum Gasteiger partial charge on any atom is -0.393 e. The van der Waals surface area contributed by atoms with Gasteiger partial charge in [0.2, 0.25) is 0 Å². The van der Waals surface area contributed by atoms with E-state index in [1.807, 2.05) is 0 Å². The van der Waals surface area contributed by atoms with Crippen molar-refractivity contribution in [3.8, 4) is 0 Å². The number of hydrogen-bond acceptors (Lipinski definition) is 2. The van der Waals surface area contributed by atoms with Crippen molar-refractivity contribution in [3.63, 3.8) is 0 Å². The van der Waals surface area contributed by atoms with Gasteiger partial charge < -0.3 is 10.2 Å². The largest absolute Gasteiger partial charge is 0.393 e. The Balaban J connectivity index is 2.08. The van der Waals surface area contributed by atoms with Gasteiger partial charge in [0.15, 0.2) is 0 Å². The molecule has 0 heterocycles. The molecule has 2 nitrogen and oxygen atoms in total. The van der Waals surface area contributed by atoms with Crippen molar-refractivity contribution in [1.82, 2.24) is 0 Å². The predicted molar refractivity (Wildman–Crippen MR) is 83.4 cm³/mol. The van der Waals surface area contributed by atoms with Crippen LogP contribution in [-0.4, -0.2) is 22.4 Å². The fraction of sp³-hybridized carbons (Fsp3) is 1.00. The van der Waals surface area contributed by atoms with Crippen LogP contribution in [0.5, 0.6) is 0 Å². The Morgan fingerprint density at radius 3 is 1.55 bits per heavy atom. The zero-order valence-corrected chi connectivity index (χ0v) is 13.8. The van der Waals surface area contributed by atoms with Crippen LogP contribution in [0.4, 0.5) is 0 Å². The molecular weight excluding hydrogens is 248 g/mol. The van der Waals surface area contributed by atoms with Gasteiger partial charge in [-0.25, -0.2) is 0 Å². The summed E-state index contributed by atoms with van der Waals surface area (Å²) in [5.41, 5.74) is 0.392. The van der Waals surface area contributed by atoms with Crippen molar-refractivity contribution >= 4 is 0 Å². The third-order valence-corrected chi connectivity index (χ3v) is 6.88. The first-order valence-corrected chi connectivity index (χ1v) is 8.74. The first-order valence-electron chi connectivity index (χ1n) is 8.74. The van der Waals surface area contributed by atoms with Crippen molar-refractivity contribution in [2.24, 2.45) is 29.1 Å². The first kappa shape index (κ1) is 16.3. The van der Waals surface area contributed by atoms with Gasteiger partial charge in [-0.05, 0) is 67.6 Å². The SMILES string of the molecule is CCC(C)(C1CCC(O)C(C)C1)C1CCC(O)C(C)C1. The number of rotatable bonds is 3. The van der Waals surface area contributed by atoms with E-state index in [1.165, 1.54) is 32.1 Å². The van der Waals surface area contributed by atoms with Crippen molar-refractivity contribution in [2.75, 3.05) is 0 Å². The van der Waals surface area contributed by atoms with Crippen molar-refractivity contribution < 1.29 is 10.2 Å². The van der Waals surface area contributed by atoms with Gasteiger partial charge in [-0.15, -0.1) is 0 Å². The van der Waals surface area contributed by atoms with E-state index in [0.717, 1.165) is 24.7 Å². The molecule has 6 unspecified atom stereocenters. The molecule has 2 heteroatoms. The maximum Gasteiger partial charge on any atom is 0.0566 e. The summed E-state index contributed by atoms with van der Waals surface area (Å²) < 4.78 is 0. The Morgan fingerprint density at radius 2 is 1.25 bits per heavy atom. The Hall–Kier alpha value is -0.0800. The molecule has 2 rings (SSSR count). The van der Waals surface area contributed by atoms with Gasteiger partial charge in [-0.2, -0.15) is 0 Å². The average molecular weight is 282 g/mol. The zero-order valence-electron chi connectivity index (χ0n) is 13.8. The third-order valence-electron chi connectivity index (χ3n) is 6.88. The number of aliphatic hydroxyl groups is 2. The molecule has 6 atom stereocenters. The molecule has 0 aromatic carbocycles. The van der Waals surface area contributed by atoms with Gasteiger partial charge in [-0.3, -0.25) is 0 Å². The molecule has 2 aliphatic rings. The highest BCUT2D eigenvalue weighted by Crippen LogP contribution is 2.52. The Morgan fingerprint density at radius 1 is 0.850 bits per heavy atom. The fourth-order valence-corrected chi connectivity index (χ4v) is 4.87. The van der Waals surface area contributed by atoms with E-state index >= 15 is 0 Å². The summed E-state index contributed by atoms with van der Waals surface area (Å²) in [5, 5.41) is 20.0. The molecule has 118 valence electrons. The topological polar surface area (TPSA) is 40.5 Å². The molecule has 2 saturated carbocycles. The lowest BCUT2D eigenvalue weighted by molar-refractivity contribution is -0.0442. The summed E-state index contributed by atoms with van der Waals surface area (Å²) in [6, 6.07) is 0. The fourth-order valence-electron chi connectivity index (χ4n) is 4.87. The molecule has 2 aliphatic carbocycles. The molecule has 0 aromatic heterocycles. The highest BCUT2D eigenvalue weighted by atomic mass is 16.3. The maximum atomic E-state index is 9.99. The Labute approximate surface area is 125 Å². The number of hydrogen-bond donors (Lipinski definition) is 2. The van der Waals surface area contributed by atoms with Gasteiger partial charge in [0.1, 0.15) is 0 Å². The zero-order chi connectivity index (χ0) is 14.9. The summed E-state index contributed by atoms with van der Waals surface area (Å²) in [5.74, 6) is 2.40. The van der Waals surface area contributed by atoms with Crippen LogP contribution >= 0.6 is 0 Å². The molecule has 0 aliphatic heterocycles. The van der Waals surface area contributed by atoms with Crippen molar-refractivity contribution in [3.05, 3.63) is 0 Å². The van der Waals surface area contributed by atoms with Crippen LogP contribution in [-0.2, 0) is 0 Å². The second-order valence-electron chi connectivity index (χ2n) is 7.97. The third kappa shape index (κ3) is 3.06. The van der Waals surface area contributed by atoms with Crippen molar-refractivity contribution in [2.45, 2.75) is 84.8 Å². The second-order valence-corrected chi connectivity index (χ2v) is 7.97. The van der Waals surface area contributed by atoms with Crippen LogP contribution in [0, 0.1) is 29.1 Å². The predicted octanol–water partition coefficient (Wildman–Crippen LogP) is 4.00. The minimum absolute atomic E-state index is 0.0838. The molecule has 20 heavy (non-hydrogen) atoms. The van der Waals surface area contributed by atoms with Gasteiger partial charge >= 0.3 is 0 Å². The van der Waals surface area contributed by atoms with E-state index in [-0.39, 0.29) is 12.2 Å². The summed E-state index contributed by atoms with van der Waals surface area (Å²) >= 11 is 0. The lowest BCUT2D eigenvalue weighted by Crippen LogP contribution is -2.43. The molecule has 2 fully saturated rings. The molecule has 0 amide bonds. The lowest BCUT2D eigenvalue weighted by atomic mass is 9.56. The molecule has 0 radical (unpaired) electrons. The first-order chi connectivity index (χ1) is 9.38. The summed E-state index contributed by atoms with van der Waals surface area (Å²) in [7, 11) is 0. The van der Waals surface area contributed by atoms with E-state index in [4.69, 9.17) is 0 Å². The van der Waals surface area contributed by atoms with Gasteiger partial charge in [-0.1, -0.05) is 34.1 Å². The van der Waals surface area contributed by atoms with Crippen LogP contribution < -0.4 is 0 Å². The van der Waals surface area contributed by atoms with E-state index in [1.54, 1.807) is 0 Å². The lowest BCUT2D eigenvalue weighted by Gasteiger charge is -2.50. The summed E-state index contributed by atoms with van der Waals surface area (Å²) in [6.45, 7) is 9.24. The van der Waals surface area contributed by atoms with E-state index in [2.05, 4.69) is 27.7 Å². The van der Waals surface area contributed by atoms with Crippen LogP contribution in [0.15, 0.2) is 0 Å².